The van der Waals surface area contributed by atoms with E-state index in [0.717, 1.165) is 31.2 Å². The third-order valence-electron chi connectivity index (χ3n) is 4.91. The molecular formula is C18H25N3O3. The van der Waals surface area contributed by atoms with Crippen LogP contribution in [0.5, 0.6) is 0 Å². The summed E-state index contributed by atoms with van der Waals surface area (Å²) in [5.74, 6) is -0.0690. The Morgan fingerprint density at radius 2 is 1.92 bits per heavy atom. The van der Waals surface area contributed by atoms with Crippen molar-refractivity contribution in [2.45, 2.75) is 37.8 Å². The standard InChI is InChI=1S/C18H25N3O3/c1-24-12-11-20(13-15-7-3-2-4-8-15)14-21-16(22)18(19-17(21)23)9-5-6-10-18/h2-4,7-8H,5-6,9-14H2,1H3,(H,19,23). The molecule has 1 heterocycles. The van der Waals surface area contributed by atoms with Crippen molar-refractivity contribution in [2.24, 2.45) is 0 Å². The zero-order valence-corrected chi connectivity index (χ0v) is 14.2. The Kier molecular flexibility index (Phi) is 5.16. The molecule has 1 saturated heterocycles. The van der Waals surface area contributed by atoms with Crippen LogP contribution in [0.25, 0.3) is 0 Å². The van der Waals surface area contributed by atoms with E-state index in [1.54, 1.807) is 7.11 Å². The van der Waals surface area contributed by atoms with Gasteiger partial charge in [-0.2, -0.15) is 0 Å². The number of methoxy groups -OCH3 is 1. The summed E-state index contributed by atoms with van der Waals surface area (Å²) in [7, 11) is 1.65. The van der Waals surface area contributed by atoms with Crippen molar-refractivity contribution in [3.05, 3.63) is 35.9 Å². The average molecular weight is 331 g/mol. The topological polar surface area (TPSA) is 61.9 Å². The van der Waals surface area contributed by atoms with Gasteiger partial charge in [-0.1, -0.05) is 43.2 Å². The van der Waals surface area contributed by atoms with Crippen molar-refractivity contribution in [3.63, 3.8) is 0 Å². The summed E-state index contributed by atoms with van der Waals surface area (Å²) in [5.41, 5.74) is 0.507. The van der Waals surface area contributed by atoms with Gasteiger partial charge in [0, 0.05) is 20.2 Å². The number of nitrogens with one attached hydrogen (secondary N) is 1. The summed E-state index contributed by atoms with van der Waals surface area (Å²) in [5, 5.41) is 2.93. The minimum atomic E-state index is -0.642. The monoisotopic (exact) mass is 331 g/mol. The lowest BCUT2D eigenvalue weighted by Crippen LogP contribution is -2.46. The summed E-state index contributed by atoms with van der Waals surface area (Å²) in [6.45, 7) is 2.19. The molecule has 130 valence electrons. The molecule has 1 aliphatic carbocycles. The second-order valence-corrected chi connectivity index (χ2v) is 6.62. The summed E-state index contributed by atoms with van der Waals surface area (Å²) in [6, 6.07) is 9.78. The normalized spacial score (nSPS) is 19.5. The first-order valence-electron chi connectivity index (χ1n) is 8.54. The highest BCUT2D eigenvalue weighted by Gasteiger charge is 2.52. The fourth-order valence-electron chi connectivity index (χ4n) is 3.58. The lowest BCUT2D eigenvalue weighted by molar-refractivity contribution is -0.132. The molecule has 0 radical (unpaired) electrons. The molecule has 3 rings (SSSR count). The van der Waals surface area contributed by atoms with Crippen LogP contribution >= 0.6 is 0 Å². The van der Waals surface area contributed by atoms with E-state index in [4.69, 9.17) is 4.74 Å². The maximum Gasteiger partial charge on any atom is 0.326 e. The first kappa shape index (κ1) is 16.9. The van der Waals surface area contributed by atoms with E-state index < -0.39 is 5.54 Å². The van der Waals surface area contributed by atoms with Crippen LogP contribution in [0.4, 0.5) is 4.79 Å². The fourth-order valence-corrected chi connectivity index (χ4v) is 3.58. The Bertz CT molecular complexity index is 584. The van der Waals surface area contributed by atoms with E-state index in [1.165, 1.54) is 4.90 Å². The molecule has 6 heteroatoms. The predicted molar refractivity (Wildman–Crippen MR) is 90.2 cm³/mol. The molecule has 1 aromatic carbocycles. The summed E-state index contributed by atoms with van der Waals surface area (Å²) >= 11 is 0. The van der Waals surface area contributed by atoms with Gasteiger partial charge >= 0.3 is 6.03 Å². The van der Waals surface area contributed by atoms with Crippen LogP contribution in [-0.4, -0.2) is 54.2 Å². The van der Waals surface area contributed by atoms with Crippen molar-refractivity contribution in [3.8, 4) is 0 Å². The Balaban J connectivity index is 1.69. The summed E-state index contributed by atoms with van der Waals surface area (Å²) in [6.07, 6.45) is 3.50. The van der Waals surface area contributed by atoms with Crippen molar-refractivity contribution < 1.29 is 14.3 Å². The smallest absolute Gasteiger partial charge is 0.326 e. The first-order valence-corrected chi connectivity index (χ1v) is 8.54. The molecule has 1 aromatic rings. The molecule has 1 N–H and O–H groups in total. The molecule has 2 aliphatic rings. The van der Waals surface area contributed by atoms with E-state index in [9.17, 15) is 9.59 Å². The number of hydrogen-bond acceptors (Lipinski definition) is 4. The summed E-state index contributed by atoms with van der Waals surface area (Å²) < 4.78 is 5.18. The minimum Gasteiger partial charge on any atom is -0.383 e. The lowest BCUT2D eigenvalue weighted by Gasteiger charge is -2.27. The van der Waals surface area contributed by atoms with Crippen molar-refractivity contribution in [2.75, 3.05) is 26.9 Å². The van der Waals surface area contributed by atoms with Gasteiger partial charge in [0.25, 0.3) is 5.91 Å². The Labute approximate surface area is 142 Å². The van der Waals surface area contributed by atoms with Gasteiger partial charge in [-0.05, 0) is 18.4 Å². The van der Waals surface area contributed by atoms with Gasteiger partial charge in [0.2, 0.25) is 0 Å². The van der Waals surface area contributed by atoms with Crippen LogP contribution in [0.1, 0.15) is 31.2 Å². The summed E-state index contributed by atoms with van der Waals surface area (Å²) in [4.78, 5) is 28.6. The SMILES string of the molecule is COCCN(Cc1ccccc1)CN1C(=O)NC2(CCCC2)C1=O. The molecule has 24 heavy (non-hydrogen) atoms. The van der Waals surface area contributed by atoms with E-state index in [2.05, 4.69) is 10.2 Å². The number of urea groups is 1. The molecule has 0 unspecified atom stereocenters. The number of carbonyl (C=O) groups is 2. The van der Waals surface area contributed by atoms with Crippen molar-refractivity contribution in [1.29, 1.82) is 0 Å². The Morgan fingerprint density at radius 3 is 2.58 bits per heavy atom. The van der Waals surface area contributed by atoms with Crippen LogP contribution in [0, 0.1) is 0 Å². The van der Waals surface area contributed by atoms with Crippen LogP contribution < -0.4 is 5.32 Å². The number of ether oxygens (including phenoxy) is 1. The Hall–Kier alpha value is -1.92. The number of hydrogen-bond donors (Lipinski definition) is 1. The highest BCUT2D eigenvalue weighted by atomic mass is 16.5. The highest BCUT2D eigenvalue weighted by Crippen LogP contribution is 2.35. The van der Waals surface area contributed by atoms with Crippen molar-refractivity contribution >= 4 is 11.9 Å². The van der Waals surface area contributed by atoms with Gasteiger partial charge in [-0.3, -0.25) is 9.69 Å². The van der Waals surface area contributed by atoms with E-state index in [1.807, 2.05) is 30.3 Å². The molecule has 0 atom stereocenters. The van der Waals surface area contributed by atoms with Crippen LogP contribution in [0.2, 0.25) is 0 Å². The first-order chi connectivity index (χ1) is 11.6. The molecule has 0 bridgehead atoms. The number of amides is 3. The van der Waals surface area contributed by atoms with Gasteiger partial charge in [0.15, 0.2) is 0 Å². The number of carbonyl (C=O) groups excluding carboxylic acids is 2. The molecule has 1 aliphatic heterocycles. The quantitative estimate of drug-likeness (QED) is 0.776. The second-order valence-electron chi connectivity index (χ2n) is 6.62. The number of imide groups is 1. The minimum absolute atomic E-state index is 0.0690. The van der Waals surface area contributed by atoms with Gasteiger partial charge in [-0.15, -0.1) is 0 Å². The largest absolute Gasteiger partial charge is 0.383 e. The zero-order chi connectivity index (χ0) is 17.0. The molecular weight excluding hydrogens is 306 g/mol. The van der Waals surface area contributed by atoms with E-state index in [-0.39, 0.29) is 11.9 Å². The zero-order valence-electron chi connectivity index (χ0n) is 14.2. The highest BCUT2D eigenvalue weighted by molar-refractivity contribution is 6.07. The van der Waals surface area contributed by atoms with Crippen molar-refractivity contribution in [1.82, 2.24) is 15.1 Å². The maximum atomic E-state index is 12.8. The number of nitrogens with zero attached hydrogens (tertiary/aromatic N) is 2. The molecule has 1 saturated carbocycles. The van der Waals surface area contributed by atoms with Crippen LogP contribution in [-0.2, 0) is 16.1 Å². The van der Waals surface area contributed by atoms with Crippen LogP contribution in [0.3, 0.4) is 0 Å². The van der Waals surface area contributed by atoms with Gasteiger partial charge in [-0.25, -0.2) is 9.69 Å². The van der Waals surface area contributed by atoms with E-state index >= 15 is 0 Å². The average Bonchev–Trinajstić information content (AvgIpc) is 3.14. The van der Waals surface area contributed by atoms with Crippen LogP contribution in [0.15, 0.2) is 30.3 Å². The molecule has 0 aromatic heterocycles. The maximum absolute atomic E-state index is 12.8. The number of rotatable bonds is 7. The second kappa shape index (κ2) is 7.32. The molecule has 2 fully saturated rings. The fraction of sp³-hybridized carbons (Fsp3) is 0.556. The predicted octanol–water partition coefficient (Wildman–Crippen LogP) is 1.96. The lowest BCUT2D eigenvalue weighted by atomic mass is 9.98. The Morgan fingerprint density at radius 1 is 1.21 bits per heavy atom. The molecule has 6 nitrogen and oxygen atoms in total. The third kappa shape index (κ3) is 3.44. The van der Waals surface area contributed by atoms with Gasteiger partial charge in [0.05, 0.1) is 13.3 Å². The molecule has 3 amide bonds. The van der Waals surface area contributed by atoms with Gasteiger partial charge in [0.1, 0.15) is 5.54 Å². The van der Waals surface area contributed by atoms with E-state index in [0.29, 0.717) is 26.4 Å². The molecule has 1 spiro atoms. The third-order valence-corrected chi connectivity index (χ3v) is 4.91. The number of benzene rings is 1. The van der Waals surface area contributed by atoms with Gasteiger partial charge < -0.3 is 10.1 Å².